The molecule has 2 N–H and O–H groups in total. The summed E-state index contributed by atoms with van der Waals surface area (Å²) in [7, 11) is 0. The third kappa shape index (κ3) is 3.44. The number of likely N-dealkylation sites (tertiary alicyclic amines) is 1. The molecule has 1 amide bonds. The minimum atomic E-state index is -0.0795. The molecule has 1 aromatic heterocycles. The van der Waals surface area contributed by atoms with Crippen molar-refractivity contribution in [1.29, 1.82) is 0 Å². The highest BCUT2D eigenvalue weighted by atomic mass is 16.2. The van der Waals surface area contributed by atoms with Gasteiger partial charge in [-0.2, -0.15) is 0 Å². The third-order valence-electron chi connectivity index (χ3n) is 6.31. The topological polar surface area (TPSA) is 65.2 Å². The number of amides is 1. The maximum Gasteiger partial charge on any atom is 0.228 e. The van der Waals surface area contributed by atoms with Crippen LogP contribution in [0.3, 0.4) is 0 Å². The Morgan fingerprint density at radius 3 is 2.52 bits per heavy atom. The van der Waals surface area contributed by atoms with Crippen LogP contribution in [-0.2, 0) is 11.3 Å². The molecule has 1 aromatic carbocycles. The SMILES string of the molecule is Cc1c[nH]c(CN2CCC3(CC2)CC(c2ccccc2)C(=O)N3)c(C)c1=O. The number of benzene rings is 1. The molecular formula is C22H27N3O2. The summed E-state index contributed by atoms with van der Waals surface area (Å²) >= 11 is 0. The largest absolute Gasteiger partial charge is 0.363 e. The Hall–Kier alpha value is -2.40. The minimum absolute atomic E-state index is 0.0338. The zero-order valence-electron chi connectivity index (χ0n) is 16.0. The van der Waals surface area contributed by atoms with Crippen molar-refractivity contribution in [2.75, 3.05) is 13.1 Å². The first-order chi connectivity index (χ1) is 13.0. The molecule has 1 spiro atoms. The average Bonchev–Trinajstić information content (AvgIpc) is 3.01. The van der Waals surface area contributed by atoms with Gasteiger partial charge in [-0.3, -0.25) is 14.5 Å². The van der Waals surface area contributed by atoms with Gasteiger partial charge >= 0.3 is 0 Å². The van der Waals surface area contributed by atoms with E-state index in [9.17, 15) is 9.59 Å². The highest BCUT2D eigenvalue weighted by Gasteiger charge is 2.46. The van der Waals surface area contributed by atoms with Gasteiger partial charge in [-0.05, 0) is 38.7 Å². The lowest BCUT2D eigenvalue weighted by molar-refractivity contribution is -0.121. The quantitative estimate of drug-likeness (QED) is 0.879. The van der Waals surface area contributed by atoms with Gasteiger partial charge in [-0.1, -0.05) is 30.3 Å². The highest BCUT2D eigenvalue weighted by molar-refractivity contribution is 5.87. The monoisotopic (exact) mass is 365 g/mol. The summed E-state index contributed by atoms with van der Waals surface area (Å²) in [6, 6.07) is 10.1. The molecule has 4 rings (SSSR count). The van der Waals surface area contributed by atoms with E-state index in [0.29, 0.717) is 0 Å². The van der Waals surface area contributed by atoms with Gasteiger partial charge in [-0.25, -0.2) is 0 Å². The Kier molecular flexibility index (Phi) is 4.64. The molecule has 2 aromatic rings. The fourth-order valence-corrected chi connectivity index (χ4v) is 4.50. The van der Waals surface area contributed by atoms with Crippen LogP contribution in [0.5, 0.6) is 0 Å². The third-order valence-corrected chi connectivity index (χ3v) is 6.31. The van der Waals surface area contributed by atoms with Gasteiger partial charge in [-0.15, -0.1) is 0 Å². The summed E-state index contributed by atoms with van der Waals surface area (Å²) in [4.78, 5) is 30.4. The minimum Gasteiger partial charge on any atom is -0.363 e. The number of hydrogen-bond acceptors (Lipinski definition) is 3. The van der Waals surface area contributed by atoms with Gasteiger partial charge in [0.25, 0.3) is 0 Å². The molecule has 1 atom stereocenters. The fourth-order valence-electron chi connectivity index (χ4n) is 4.50. The number of carbonyl (C=O) groups is 1. The van der Waals surface area contributed by atoms with E-state index in [2.05, 4.69) is 27.3 Å². The Bertz CT molecular complexity index is 896. The summed E-state index contributed by atoms with van der Waals surface area (Å²) in [5.41, 5.74) is 3.74. The summed E-state index contributed by atoms with van der Waals surface area (Å²) in [6.07, 6.45) is 4.59. The number of piperidine rings is 1. The van der Waals surface area contributed by atoms with E-state index in [-0.39, 0.29) is 22.8 Å². The normalized spacial score (nSPS) is 22.1. The van der Waals surface area contributed by atoms with Crippen molar-refractivity contribution in [2.45, 2.75) is 51.1 Å². The standard InChI is InChI=1S/C22H27N3O2/c1-15-13-23-19(16(2)20(15)26)14-25-10-8-22(9-11-25)12-18(21(27)24-22)17-6-4-3-5-7-17/h3-7,13,18H,8-12,14H2,1-2H3,(H,23,26)(H,24,27). The van der Waals surface area contributed by atoms with Crippen LogP contribution in [0.2, 0.25) is 0 Å². The number of aromatic nitrogens is 1. The number of nitrogens with zero attached hydrogens (tertiary/aromatic N) is 1. The number of pyridine rings is 1. The van der Waals surface area contributed by atoms with E-state index >= 15 is 0 Å². The summed E-state index contributed by atoms with van der Waals surface area (Å²) in [6.45, 7) is 6.35. The molecule has 27 heavy (non-hydrogen) atoms. The smallest absolute Gasteiger partial charge is 0.228 e. The highest BCUT2D eigenvalue weighted by Crippen LogP contribution is 2.39. The molecule has 5 heteroatoms. The molecule has 2 fully saturated rings. The molecule has 3 heterocycles. The van der Waals surface area contributed by atoms with Crippen LogP contribution in [0.25, 0.3) is 0 Å². The van der Waals surface area contributed by atoms with Crippen LogP contribution >= 0.6 is 0 Å². The van der Waals surface area contributed by atoms with Gasteiger partial charge in [0.1, 0.15) is 0 Å². The molecule has 0 bridgehead atoms. The van der Waals surface area contributed by atoms with E-state index < -0.39 is 0 Å². The zero-order valence-corrected chi connectivity index (χ0v) is 16.0. The number of nitrogens with one attached hydrogen (secondary N) is 2. The van der Waals surface area contributed by atoms with Gasteiger partial charge in [0, 0.05) is 48.2 Å². The second kappa shape index (κ2) is 6.97. The Labute approximate surface area is 159 Å². The van der Waals surface area contributed by atoms with Crippen molar-refractivity contribution in [2.24, 2.45) is 0 Å². The molecule has 5 nitrogen and oxygen atoms in total. The van der Waals surface area contributed by atoms with Crippen LogP contribution < -0.4 is 10.7 Å². The van der Waals surface area contributed by atoms with Gasteiger partial charge < -0.3 is 10.3 Å². The lowest BCUT2D eigenvalue weighted by atomic mass is 9.82. The van der Waals surface area contributed by atoms with Crippen LogP contribution in [-0.4, -0.2) is 34.4 Å². The second-order valence-corrected chi connectivity index (χ2v) is 8.12. The fraction of sp³-hybridized carbons (Fsp3) is 0.455. The molecule has 0 aliphatic carbocycles. The molecular weight excluding hydrogens is 338 g/mol. The van der Waals surface area contributed by atoms with Crippen LogP contribution in [0, 0.1) is 13.8 Å². The molecule has 142 valence electrons. The molecule has 2 aliphatic rings. The van der Waals surface area contributed by atoms with E-state index in [0.717, 1.165) is 61.3 Å². The molecule has 0 saturated carbocycles. The maximum atomic E-state index is 12.6. The predicted octanol–water partition coefficient (Wildman–Crippen LogP) is 2.63. The van der Waals surface area contributed by atoms with Crippen molar-refractivity contribution in [3.63, 3.8) is 0 Å². The predicted molar refractivity (Wildman–Crippen MR) is 106 cm³/mol. The number of aromatic amines is 1. The van der Waals surface area contributed by atoms with Crippen LogP contribution in [0.1, 0.15) is 47.6 Å². The summed E-state index contributed by atoms with van der Waals surface area (Å²) in [5, 5.41) is 3.31. The van der Waals surface area contributed by atoms with Crippen molar-refractivity contribution in [3.05, 3.63) is 69.1 Å². The van der Waals surface area contributed by atoms with E-state index in [4.69, 9.17) is 0 Å². The number of H-pyrrole nitrogens is 1. The number of hydrogen-bond donors (Lipinski definition) is 2. The van der Waals surface area contributed by atoms with Gasteiger partial charge in [0.2, 0.25) is 5.91 Å². The van der Waals surface area contributed by atoms with E-state index in [1.54, 1.807) is 6.20 Å². The number of rotatable bonds is 3. The van der Waals surface area contributed by atoms with E-state index in [1.165, 1.54) is 0 Å². The Balaban J connectivity index is 1.41. The Morgan fingerprint density at radius 2 is 1.81 bits per heavy atom. The first-order valence-corrected chi connectivity index (χ1v) is 9.74. The molecule has 2 saturated heterocycles. The molecule has 0 radical (unpaired) electrons. The number of carbonyl (C=O) groups excluding carboxylic acids is 1. The first-order valence-electron chi connectivity index (χ1n) is 9.74. The second-order valence-electron chi connectivity index (χ2n) is 8.12. The average molecular weight is 365 g/mol. The van der Waals surface area contributed by atoms with Crippen LogP contribution in [0.15, 0.2) is 41.3 Å². The summed E-state index contributed by atoms with van der Waals surface area (Å²) in [5.74, 6) is 0.127. The van der Waals surface area contributed by atoms with Gasteiger partial charge in [0.05, 0.1) is 5.92 Å². The lowest BCUT2D eigenvalue weighted by Crippen LogP contribution is -2.50. The zero-order chi connectivity index (χ0) is 19.0. The van der Waals surface area contributed by atoms with Crippen molar-refractivity contribution in [3.8, 4) is 0 Å². The van der Waals surface area contributed by atoms with E-state index in [1.807, 2.05) is 32.0 Å². The van der Waals surface area contributed by atoms with Crippen molar-refractivity contribution < 1.29 is 4.79 Å². The molecule has 1 unspecified atom stereocenters. The van der Waals surface area contributed by atoms with Crippen molar-refractivity contribution >= 4 is 5.91 Å². The van der Waals surface area contributed by atoms with Crippen molar-refractivity contribution in [1.82, 2.24) is 15.2 Å². The van der Waals surface area contributed by atoms with Gasteiger partial charge in [0.15, 0.2) is 5.43 Å². The maximum absolute atomic E-state index is 12.6. The Morgan fingerprint density at radius 1 is 1.11 bits per heavy atom. The van der Waals surface area contributed by atoms with Crippen LogP contribution in [0.4, 0.5) is 0 Å². The summed E-state index contributed by atoms with van der Waals surface area (Å²) < 4.78 is 0. The molecule has 2 aliphatic heterocycles. The number of aryl methyl sites for hydroxylation is 1. The first kappa shape index (κ1) is 18.0. The lowest BCUT2D eigenvalue weighted by Gasteiger charge is -2.39.